The maximum Gasteiger partial charge on any atom is 0.0503 e. The van der Waals surface area contributed by atoms with Gasteiger partial charge in [0.15, 0.2) is 0 Å². The standard InChI is InChI=1S/C22H36N2O/c1-23(2)11-19-15-5-7-17(9-15)21(19)13-25-14-22-18-8-6-16(10-18)20(22)12-24(3)4/h5-8,15-22H,9-14H2,1-4H3. The minimum Gasteiger partial charge on any atom is -0.381 e. The van der Waals surface area contributed by atoms with E-state index in [1.165, 1.54) is 25.9 Å². The van der Waals surface area contributed by atoms with Gasteiger partial charge >= 0.3 is 0 Å². The van der Waals surface area contributed by atoms with Crippen LogP contribution in [0.5, 0.6) is 0 Å². The fraction of sp³-hybridized carbons (Fsp3) is 0.818. The first kappa shape index (κ1) is 17.8. The predicted molar refractivity (Wildman–Crippen MR) is 103 cm³/mol. The summed E-state index contributed by atoms with van der Waals surface area (Å²) >= 11 is 0. The van der Waals surface area contributed by atoms with Crippen LogP contribution in [0.1, 0.15) is 12.8 Å². The third kappa shape index (κ3) is 3.48. The van der Waals surface area contributed by atoms with Crippen LogP contribution in [0.25, 0.3) is 0 Å². The van der Waals surface area contributed by atoms with Crippen LogP contribution in [-0.4, -0.2) is 64.3 Å². The average molecular weight is 345 g/mol. The van der Waals surface area contributed by atoms with Crippen LogP contribution in [-0.2, 0) is 4.74 Å². The second-order valence-corrected chi connectivity index (χ2v) is 9.61. The van der Waals surface area contributed by atoms with E-state index in [0.717, 1.165) is 60.6 Å². The topological polar surface area (TPSA) is 15.7 Å². The lowest BCUT2D eigenvalue weighted by Gasteiger charge is -2.33. The van der Waals surface area contributed by atoms with Crippen LogP contribution in [0, 0.1) is 47.3 Å². The fourth-order valence-electron chi connectivity index (χ4n) is 6.27. The Morgan fingerprint density at radius 2 is 1.00 bits per heavy atom. The van der Waals surface area contributed by atoms with Crippen molar-refractivity contribution in [3.8, 4) is 0 Å². The zero-order valence-electron chi connectivity index (χ0n) is 16.5. The third-order valence-corrected chi connectivity index (χ3v) is 7.37. The zero-order valence-corrected chi connectivity index (χ0v) is 16.5. The van der Waals surface area contributed by atoms with Crippen molar-refractivity contribution in [3.63, 3.8) is 0 Å². The summed E-state index contributed by atoms with van der Waals surface area (Å²) in [5.74, 6) is 6.20. The molecule has 4 aliphatic carbocycles. The van der Waals surface area contributed by atoms with E-state index in [4.69, 9.17) is 4.74 Å². The van der Waals surface area contributed by atoms with Gasteiger partial charge in [0.1, 0.15) is 0 Å². The summed E-state index contributed by atoms with van der Waals surface area (Å²) in [6, 6.07) is 0. The van der Waals surface area contributed by atoms with E-state index in [1.807, 2.05) is 0 Å². The van der Waals surface area contributed by atoms with Gasteiger partial charge in [-0.25, -0.2) is 0 Å². The van der Waals surface area contributed by atoms with Crippen molar-refractivity contribution < 1.29 is 4.74 Å². The van der Waals surface area contributed by atoms with Crippen molar-refractivity contribution in [2.75, 3.05) is 54.5 Å². The smallest absolute Gasteiger partial charge is 0.0503 e. The molecule has 0 spiro atoms. The van der Waals surface area contributed by atoms with Crippen LogP contribution in [0.3, 0.4) is 0 Å². The molecular weight excluding hydrogens is 308 g/mol. The van der Waals surface area contributed by atoms with Crippen LogP contribution in [0.15, 0.2) is 24.3 Å². The minimum atomic E-state index is 0.735. The summed E-state index contributed by atoms with van der Waals surface area (Å²) in [5, 5.41) is 0. The molecule has 4 bridgehead atoms. The van der Waals surface area contributed by atoms with Gasteiger partial charge in [-0.3, -0.25) is 0 Å². The molecule has 0 aromatic heterocycles. The molecule has 0 aromatic carbocycles. The maximum absolute atomic E-state index is 6.43. The largest absolute Gasteiger partial charge is 0.381 e. The van der Waals surface area contributed by atoms with Gasteiger partial charge in [-0.05, 0) is 88.4 Å². The van der Waals surface area contributed by atoms with Crippen molar-refractivity contribution in [2.24, 2.45) is 47.3 Å². The number of nitrogens with zero attached hydrogens (tertiary/aromatic N) is 2. The van der Waals surface area contributed by atoms with Gasteiger partial charge in [-0.15, -0.1) is 0 Å². The summed E-state index contributed by atoms with van der Waals surface area (Å²) < 4.78 is 6.43. The number of allylic oxidation sites excluding steroid dienone is 4. The first-order valence-corrected chi connectivity index (χ1v) is 10.3. The number of hydrogen-bond acceptors (Lipinski definition) is 3. The van der Waals surface area contributed by atoms with Gasteiger partial charge < -0.3 is 14.5 Å². The highest BCUT2D eigenvalue weighted by atomic mass is 16.5. The van der Waals surface area contributed by atoms with Gasteiger partial charge in [0.25, 0.3) is 0 Å². The summed E-state index contributed by atoms with van der Waals surface area (Å²) in [5.41, 5.74) is 0. The molecule has 2 saturated carbocycles. The molecular formula is C22H36N2O. The second kappa shape index (κ2) is 7.17. The van der Waals surface area contributed by atoms with E-state index in [2.05, 4.69) is 62.3 Å². The highest BCUT2D eigenvalue weighted by molar-refractivity contribution is 5.15. The average Bonchev–Trinajstić information content (AvgIpc) is 3.29. The second-order valence-electron chi connectivity index (χ2n) is 9.61. The summed E-state index contributed by atoms with van der Waals surface area (Å²) in [6.45, 7) is 4.35. The Balaban J connectivity index is 1.32. The quantitative estimate of drug-likeness (QED) is 0.630. The van der Waals surface area contributed by atoms with Crippen molar-refractivity contribution in [2.45, 2.75) is 12.8 Å². The van der Waals surface area contributed by atoms with Gasteiger partial charge in [0, 0.05) is 13.1 Å². The van der Waals surface area contributed by atoms with E-state index >= 15 is 0 Å². The lowest BCUT2D eigenvalue weighted by Crippen LogP contribution is -2.35. The lowest BCUT2D eigenvalue weighted by atomic mass is 9.82. The van der Waals surface area contributed by atoms with E-state index < -0.39 is 0 Å². The SMILES string of the molecule is CN(C)CC1C2C=CC(C2)C1COCC1C2C=CC(C2)C1CN(C)C. The highest BCUT2D eigenvalue weighted by Crippen LogP contribution is 2.50. The summed E-state index contributed by atoms with van der Waals surface area (Å²) in [7, 11) is 8.84. The van der Waals surface area contributed by atoms with E-state index in [1.54, 1.807) is 0 Å². The Labute approximate surface area is 154 Å². The molecule has 0 saturated heterocycles. The Bertz CT molecular complexity index is 480. The molecule has 0 amide bonds. The van der Waals surface area contributed by atoms with Crippen molar-refractivity contribution in [1.29, 1.82) is 0 Å². The molecule has 0 N–H and O–H groups in total. The van der Waals surface area contributed by atoms with Gasteiger partial charge in [-0.1, -0.05) is 24.3 Å². The number of ether oxygens (including phenoxy) is 1. The van der Waals surface area contributed by atoms with E-state index in [-0.39, 0.29) is 0 Å². The summed E-state index contributed by atoms with van der Waals surface area (Å²) in [4.78, 5) is 4.72. The first-order valence-electron chi connectivity index (χ1n) is 10.3. The molecule has 4 rings (SSSR count). The van der Waals surface area contributed by atoms with Crippen LogP contribution in [0.4, 0.5) is 0 Å². The van der Waals surface area contributed by atoms with Crippen LogP contribution < -0.4 is 0 Å². The van der Waals surface area contributed by atoms with Crippen LogP contribution in [0.2, 0.25) is 0 Å². The van der Waals surface area contributed by atoms with Crippen molar-refractivity contribution >= 4 is 0 Å². The van der Waals surface area contributed by atoms with Crippen molar-refractivity contribution in [1.82, 2.24) is 9.80 Å². The molecule has 25 heavy (non-hydrogen) atoms. The molecule has 0 heterocycles. The fourth-order valence-corrected chi connectivity index (χ4v) is 6.27. The summed E-state index contributed by atoms with van der Waals surface area (Å²) in [6.07, 6.45) is 12.6. The van der Waals surface area contributed by atoms with Crippen molar-refractivity contribution in [3.05, 3.63) is 24.3 Å². The third-order valence-electron chi connectivity index (χ3n) is 7.37. The molecule has 0 aliphatic heterocycles. The molecule has 8 unspecified atom stereocenters. The lowest BCUT2D eigenvalue weighted by molar-refractivity contribution is 0.0242. The molecule has 3 heteroatoms. The Morgan fingerprint density at radius 1 is 0.640 bits per heavy atom. The zero-order chi connectivity index (χ0) is 17.6. The first-order chi connectivity index (χ1) is 12.0. The molecule has 140 valence electrons. The monoisotopic (exact) mass is 344 g/mol. The van der Waals surface area contributed by atoms with Gasteiger partial charge in [0.2, 0.25) is 0 Å². The highest BCUT2D eigenvalue weighted by Gasteiger charge is 2.46. The molecule has 0 radical (unpaired) electrons. The predicted octanol–water partition coefficient (Wildman–Crippen LogP) is 3.00. The molecule has 0 aromatic rings. The molecule has 8 atom stereocenters. The number of fused-ring (bicyclic) bond motifs is 4. The molecule has 3 nitrogen and oxygen atoms in total. The normalized spacial score (nSPS) is 44.1. The van der Waals surface area contributed by atoms with Gasteiger partial charge in [-0.2, -0.15) is 0 Å². The van der Waals surface area contributed by atoms with Gasteiger partial charge in [0.05, 0.1) is 13.2 Å². The minimum absolute atomic E-state index is 0.735. The Kier molecular flexibility index (Phi) is 5.09. The van der Waals surface area contributed by atoms with E-state index in [9.17, 15) is 0 Å². The number of hydrogen-bond donors (Lipinski definition) is 0. The molecule has 4 aliphatic rings. The Morgan fingerprint density at radius 3 is 1.36 bits per heavy atom. The number of rotatable bonds is 8. The Hall–Kier alpha value is -0.640. The van der Waals surface area contributed by atoms with E-state index in [0.29, 0.717) is 0 Å². The molecule has 2 fully saturated rings. The maximum atomic E-state index is 6.43. The van der Waals surface area contributed by atoms with Crippen LogP contribution >= 0.6 is 0 Å².